The second kappa shape index (κ2) is 10.9. The van der Waals surface area contributed by atoms with Crippen LogP contribution in [0.2, 0.25) is 5.02 Å². The van der Waals surface area contributed by atoms with E-state index in [1.54, 1.807) is 24.3 Å². The Morgan fingerprint density at radius 2 is 1.78 bits per heavy atom. The highest BCUT2D eigenvalue weighted by molar-refractivity contribution is 7.89. The van der Waals surface area contributed by atoms with Gasteiger partial charge < -0.3 is 10.6 Å². The molecule has 2 amide bonds. The minimum Gasteiger partial charge on any atom is -0.352 e. The maximum absolute atomic E-state index is 13.1. The molecule has 2 aromatic carbocycles. The second-order valence-corrected chi connectivity index (χ2v) is 9.86. The fourth-order valence-corrected chi connectivity index (χ4v) is 5.26. The van der Waals surface area contributed by atoms with E-state index < -0.39 is 21.7 Å². The SMILES string of the molecule is O=C(CCNC(=O)c1ccc(F)cc1Cl)NCc1cccc(S(=O)(=O)N2CCCCC2)c1. The molecule has 0 aromatic heterocycles. The monoisotopic (exact) mass is 481 g/mol. The van der Waals surface area contributed by atoms with E-state index in [1.165, 1.54) is 10.4 Å². The van der Waals surface area contributed by atoms with Gasteiger partial charge in [-0.2, -0.15) is 4.31 Å². The van der Waals surface area contributed by atoms with Crippen LogP contribution in [0.4, 0.5) is 4.39 Å². The number of carbonyl (C=O) groups is 2. The molecule has 10 heteroatoms. The highest BCUT2D eigenvalue weighted by Crippen LogP contribution is 2.21. The third-order valence-corrected chi connectivity index (χ3v) is 7.36. The van der Waals surface area contributed by atoms with E-state index in [0.29, 0.717) is 18.7 Å². The highest BCUT2D eigenvalue weighted by Gasteiger charge is 2.25. The van der Waals surface area contributed by atoms with Crippen LogP contribution in [0.3, 0.4) is 0 Å². The van der Waals surface area contributed by atoms with Crippen molar-refractivity contribution in [1.82, 2.24) is 14.9 Å². The van der Waals surface area contributed by atoms with Crippen molar-refractivity contribution in [3.63, 3.8) is 0 Å². The molecule has 2 aromatic rings. The van der Waals surface area contributed by atoms with Crippen LogP contribution < -0.4 is 10.6 Å². The van der Waals surface area contributed by atoms with Crippen LogP contribution in [-0.4, -0.2) is 44.2 Å². The zero-order valence-electron chi connectivity index (χ0n) is 17.4. The average Bonchev–Trinajstić information content (AvgIpc) is 2.78. The summed E-state index contributed by atoms with van der Waals surface area (Å²) in [6.07, 6.45) is 2.78. The molecule has 1 saturated heterocycles. The summed E-state index contributed by atoms with van der Waals surface area (Å²) in [4.78, 5) is 24.4. The highest BCUT2D eigenvalue weighted by atomic mass is 35.5. The Kier molecular flexibility index (Phi) is 8.22. The van der Waals surface area contributed by atoms with Gasteiger partial charge in [-0.15, -0.1) is 0 Å². The van der Waals surface area contributed by atoms with Crippen LogP contribution in [-0.2, 0) is 21.4 Å². The predicted molar refractivity (Wildman–Crippen MR) is 119 cm³/mol. The molecular weight excluding hydrogens is 457 g/mol. The molecule has 0 unspecified atom stereocenters. The van der Waals surface area contributed by atoms with Gasteiger partial charge in [0.25, 0.3) is 5.91 Å². The fraction of sp³-hybridized carbons (Fsp3) is 0.364. The lowest BCUT2D eigenvalue weighted by molar-refractivity contribution is -0.121. The maximum Gasteiger partial charge on any atom is 0.252 e. The van der Waals surface area contributed by atoms with Crippen molar-refractivity contribution in [1.29, 1.82) is 0 Å². The van der Waals surface area contributed by atoms with Crippen molar-refractivity contribution in [3.8, 4) is 0 Å². The van der Waals surface area contributed by atoms with Crippen LogP contribution in [0.1, 0.15) is 41.6 Å². The number of hydrogen-bond acceptors (Lipinski definition) is 4. The molecule has 0 atom stereocenters. The molecule has 0 saturated carbocycles. The minimum absolute atomic E-state index is 0.00802. The molecule has 0 spiro atoms. The van der Waals surface area contributed by atoms with Gasteiger partial charge in [0.1, 0.15) is 5.82 Å². The molecule has 1 heterocycles. The van der Waals surface area contributed by atoms with E-state index in [9.17, 15) is 22.4 Å². The molecule has 172 valence electrons. The van der Waals surface area contributed by atoms with Crippen molar-refractivity contribution in [2.45, 2.75) is 37.1 Å². The Morgan fingerprint density at radius 1 is 1.03 bits per heavy atom. The molecule has 0 radical (unpaired) electrons. The summed E-state index contributed by atoms with van der Waals surface area (Å²) < 4.78 is 40.2. The van der Waals surface area contributed by atoms with Gasteiger partial charge in [0.05, 0.1) is 15.5 Å². The standard InChI is InChI=1S/C22H25ClFN3O4S/c23-20-14-17(24)7-8-19(20)22(29)25-10-9-21(28)26-15-16-5-4-6-18(13-16)32(30,31)27-11-2-1-3-12-27/h4-8,13-14H,1-3,9-12,15H2,(H,25,29)(H,26,28). The lowest BCUT2D eigenvalue weighted by atomic mass is 10.2. The predicted octanol–water partition coefficient (Wildman–Crippen LogP) is 3.09. The van der Waals surface area contributed by atoms with Crippen molar-refractivity contribution < 1.29 is 22.4 Å². The zero-order valence-corrected chi connectivity index (χ0v) is 19.0. The van der Waals surface area contributed by atoms with Gasteiger partial charge in [0.15, 0.2) is 0 Å². The van der Waals surface area contributed by atoms with E-state index in [1.807, 2.05) is 0 Å². The van der Waals surface area contributed by atoms with Gasteiger partial charge in [0, 0.05) is 32.6 Å². The van der Waals surface area contributed by atoms with Crippen LogP contribution in [0.5, 0.6) is 0 Å². The lowest BCUT2D eigenvalue weighted by Gasteiger charge is -2.26. The largest absolute Gasteiger partial charge is 0.352 e. The fourth-order valence-electron chi connectivity index (χ4n) is 3.42. The number of amides is 2. The quantitative estimate of drug-likeness (QED) is 0.605. The first-order valence-corrected chi connectivity index (χ1v) is 12.2. The smallest absolute Gasteiger partial charge is 0.252 e. The zero-order chi connectivity index (χ0) is 23.1. The van der Waals surface area contributed by atoms with Crippen LogP contribution >= 0.6 is 11.6 Å². The second-order valence-electron chi connectivity index (χ2n) is 7.52. The van der Waals surface area contributed by atoms with Crippen LogP contribution in [0, 0.1) is 5.82 Å². The molecule has 0 bridgehead atoms. The Balaban J connectivity index is 1.48. The van der Waals surface area contributed by atoms with Gasteiger partial charge in [0.2, 0.25) is 15.9 Å². The Morgan fingerprint density at radius 3 is 2.50 bits per heavy atom. The average molecular weight is 482 g/mol. The van der Waals surface area contributed by atoms with E-state index in [0.717, 1.165) is 31.4 Å². The number of halogens is 2. The van der Waals surface area contributed by atoms with Crippen molar-refractivity contribution in [2.75, 3.05) is 19.6 Å². The van der Waals surface area contributed by atoms with Crippen LogP contribution in [0.15, 0.2) is 47.4 Å². The number of hydrogen-bond donors (Lipinski definition) is 2. The third kappa shape index (κ3) is 6.27. The van der Waals surface area contributed by atoms with Crippen molar-refractivity contribution >= 4 is 33.4 Å². The lowest BCUT2D eigenvalue weighted by Crippen LogP contribution is -2.35. The van der Waals surface area contributed by atoms with Crippen molar-refractivity contribution in [3.05, 3.63) is 64.4 Å². The number of carbonyl (C=O) groups excluding carboxylic acids is 2. The Labute approximate surface area is 192 Å². The minimum atomic E-state index is -3.54. The summed E-state index contributed by atoms with van der Waals surface area (Å²) in [6, 6.07) is 9.99. The number of benzene rings is 2. The van der Waals surface area contributed by atoms with Gasteiger partial charge in [-0.1, -0.05) is 30.2 Å². The first kappa shape index (κ1) is 24.2. The molecule has 0 aliphatic carbocycles. The van der Waals surface area contributed by atoms with Gasteiger partial charge in [-0.05, 0) is 48.7 Å². The molecule has 32 heavy (non-hydrogen) atoms. The maximum atomic E-state index is 13.1. The summed E-state index contributed by atoms with van der Waals surface area (Å²) in [7, 11) is -3.54. The molecule has 2 N–H and O–H groups in total. The summed E-state index contributed by atoms with van der Waals surface area (Å²) in [5, 5.41) is 5.27. The molecule has 7 nitrogen and oxygen atoms in total. The number of piperidine rings is 1. The summed E-state index contributed by atoms with van der Waals surface area (Å²) in [5.74, 6) is -1.35. The van der Waals surface area contributed by atoms with Gasteiger partial charge in [-0.3, -0.25) is 9.59 Å². The van der Waals surface area contributed by atoms with E-state index in [4.69, 9.17) is 11.6 Å². The van der Waals surface area contributed by atoms with E-state index in [-0.39, 0.29) is 40.9 Å². The summed E-state index contributed by atoms with van der Waals surface area (Å²) >= 11 is 5.85. The summed E-state index contributed by atoms with van der Waals surface area (Å²) in [5.41, 5.74) is 0.791. The first-order valence-electron chi connectivity index (χ1n) is 10.4. The normalized spacial score (nSPS) is 14.7. The molecule has 1 aliphatic heterocycles. The topological polar surface area (TPSA) is 95.6 Å². The van der Waals surface area contributed by atoms with Crippen LogP contribution in [0.25, 0.3) is 0 Å². The van der Waals surface area contributed by atoms with Gasteiger partial charge in [-0.25, -0.2) is 12.8 Å². The van der Waals surface area contributed by atoms with Gasteiger partial charge >= 0.3 is 0 Å². The van der Waals surface area contributed by atoms with E-state index >= 15 is 0 Å². The summed E-state index contributed by atoms with van der Waals surface area (Å²) in [6.45, 7) is 1.29. The first-order chi connectivity index (χ1) is 15.3. The molecule has 1 fully saturated rings. The number of nitrogens with one attached hydrogen (secondary N) is 2. The number of sulfonamides is 1. The number of nitrogens with zero attached hydrogens (tertiary/aromatic N) is 1. The number of rotatable bonds is 8. The molecule has 3 rings (SSSR count). The van der Waals surface area contributed by atoms with E-state index in [2.05, 4.69) is 10.6 Å². The van der Waals surface area contributed by atoms with Crippen molar-refractivity contribution in [2.24, 2.45) is 0 Å². The Bertz CT molecular complexity index is 1090. The molecule has 1 aliphatic rings. The molecular formula is C22H25ClFN3O4S. The third-order valence-electron chi connectivity index (χ3n) is 5.15. The Hall–Kier alpha value is -2.49.